The molecule has 3 aromatic heterocycles. The highest BCUT2D eigenvalue weighted by atomic mass is 15.1. The number of rotatable bonds is 6. The molecule has 3 heteroatoms. The van der Waals surface area contributed by atoms with Crippen LogP contribution in [0.25, 0.3) is 116 Å². The normalized spacial score (nSPS) is 13.6. The van der Waals surface area contributed by atoms with E-state index in [1.165, 1.54) is 127 Å². The van der Waals surface area contributed by atoms with Crippen LogP contribution in [0.2, 0.25) is 0 Å². The number of aromatic nitrogens is 3. The van der Waals surface area contributed by atoms with Gasteiger partial charge in [-0.2, -0.15) is 0 Å². The molecule has 0 bridgehead atoms. The molecule has 0 N–H and O–H groups in total. The van der Waals surface area contributed by atoms with Crippen LogP contribution in [0.4, 0.5) is 0 Å². The molecule has 0 spiro atoms. The van der Waals surface area contributed by atoms with E-state index < -0.39 is 0 Å². The zero-order valence-electron chi connectivity index (χ0n) is 37.5. The van der Waals surface area contributed by atoms with Crippen molar-refractivity contribution in [3.8, 4) is 22.3 Å². The Morgan fingerprint density at radius 3 is 0.826 bits per heavy atom. The highest BCUT2D eigenvalue weighted by Gasteiger charge is 2.44. The van der Waals surface area contributed by atoms with Crippen LogP contribution in [-0.2, 0) is 0 Å². The summed E-state index contributed by atoms with van der Waals surface area (Å²) in [4.78, 5) is 0. The number of allylic oxidation sites excluding steroid dienone is 5. The van der Waals surface area contributed by atoms with Crippen LogP contribution >= 0.6 is 0 Å². The fourth-order valence-corrected chi connectivity index (χ4v) is 12.0. The molecule has 2 aliphatic rings. The first-order valence-corrected chi connectivity index (χ1v) is 23.9. The molecule has 0 amide bonds. The number of fused-ring (bicyclic) bond motifs is 12. The highest BCUT2D eigenvalue weighted by Crippen LogP contribution is 2.62. The molecule has 0 unspecified atom stereocenters. The van der Waals surface area contributed by atoms with Crippen molar-refractivity contribution in [2.45, 2.75) is 0 Å². The molecule has 15 rings (SSSR count). The molecule has 0 saturated carbocycles. The lowest BCUT2D eigenvalue weighted by atomic mass is 9.88. The van der Waals surface area contributed by atoms with E-state index in [-0.39, 0.29) is 0 Å². The van der Waals surface area contributed by atoms with Gasteiger partial charge in [0.1, 0.15) is 0 Å². The minimum absolute atomic E-state index is 1.16. The summed E-state index contributed by atoms with van der Waals surface area (Å²) in [6.45, 7) is 0. The van der Waals surface area contributed by atoms with Gasteiger partial charge in [0.2, 0.25) is 0 Å². The Morgan fingerprint density at radius 2 is 0.464 bits per heavy atom. The molecule has 2 aliphatic carbocycles. The molecular weight excluding hydrogens is 835 g/mol. The van der Waals surface area contributed by atoms with Gasteiger partial charge >= 0.3 is 0 Å². The van der Waals surface area contributed by atoms with Crippen LogP contribution in [-0.4, -0.2) is 13.7 Å². The van der Waals surface area contributed by atoms with Crippen molar-refractivity contribution in [2.24, 2.45) is 0 Å². The predicted octanol–water partition coefficient (Wildman–Crippen LogP) is 17.1. The molecule has 13 aromatic rings. The quantitative estimate of drug-likeness (QED) is 0.158. The van der Waals surface area contributed by atoms with Gasteiger partial charge in [0.25, 0.3) is 0 Å². The van der Waals surface area contributed by atoms with E-state index in [1.807, 2.05) is 0 Å². The van der Waals surface area contributed by atoms with Crippen molar-refractivity contribution in [1.82, 2.24) is 13.7 Å². The largest absolute Gasteiger partial charge is 0.308 e. The van der Waals surface area contributed by atoms with Crippen LogP contribution in [0.3, 0.4) is 0 Å². The first kappa shape index (κ1) is 38.0. The Balaban J connectivity index is 1.24. The number of nitrogens with zero attached hydrogens (tertiary/aromatic N) is 3. The van der Waals surface area contributed by atoms with Gasteiger partial charge in [0, 0.05) is 54.6 Å². The Hall–Kier alpha value is -9.18. The van der Waals surface area contributed by atoms with Crippen LogP contribution in [0.5, 0.6) is 0 Å². The SMILES string of the molecule is c1ccc(C2=C3C(=C(n4c5ccccc5c5ccccc54)c4cc(-c5ccccc5)c(-c5ccccc5)cc43)C(n3c4ccccc4c4ccccc43)=C2n2c3ccccc3c3ccccc32)cc1. The first-order chi connectivity index (χ1) is 34.3. The van der Waals surface area contributed by atoms with Crippen LogP contribution in [0.1, 0.15) is 16.7 Å². The van der Waals surface area contributed by atoms with Crippen molar-refractivity contribution < 1.29 is 0 Å². The summed E-state index contributed by atoms with van der Waals surface area (Å²) in [6.07, 6.45) is 0. The molecule has 0 radical (unpaired) electrons. The number of benzene rings is 10. The standard InChI is InChI=1S/C66H41N3/c1-4-22-42(23-5-1)51-40-53-54(41-52(51)43-24-6-2-7-25-43)64(67-55-34-16-10-28-45(55)46-29-11-17-35-56(46)67)63-62(53)61(44-26-8-3-9-27-44)65(68-57-36-18-12-30-47(57)48-31-13-19-37-58(48)68)66(63)69-59-38-20-14-32-49(59)50-33-15-21-39-60(50)69/h1-41H. The van der Waals surface area contributed by atoms with Crippen LogP contribution < -0.4 is 0 Å². The zero-order valence-corrected chi connectivity index (χ0v) is 37.5. The van der Waals surface area contributed by atoms with Crippen LogP contribution in [0, 0.1) is 0 Å². The lowest BCUT2D eigenvalue weighted by molar-refractivity contribution is 1.16. The van der Waals surface area contributed by atoms with Gasteiger partial charge in [0.05, 0.1) is 50.2 Å². The molecular formula is C66H41N3. The van der Waals surface area contributed by atoms with Gasteiger partial charge in [0.15, 0.2) is 0 Å². The van der Waals surface area contributed by atoms with E-state index in [1.54, 1.807) is 0 Å². The fourth-order valence-electron chi connectivity index (χ4n) is 12.0. The van der Waals surface area contributed by atoms with Gasteiger partial charge in [-0.25, -0.2) is 0 Å². The maximum atomic E-state index is 2.60. The van der Waals surface area contributed by atoms with Gasteiger partial charge in [-0.1, -0.05) is 200 Å². The third kappa shape index (κ3) is 5.33. The number of para-hydroxylation sites is 6. The summed E-state index contributed by atoms with van der Waals surface area (Å²) in [5.41, 5.74) is 22.5. The molecule has 69 heavy (non-hydrogen) atoms. The second-order valence-corrected chi connectivity index (χ2v) is 18.3. The molecule has 3 nitrogen and oxygen atoms in total. The second kappa shape index (κ2) is 14.7. The van der Waals surface area contributed by atoms with Crippen molar-refractivity contribution >= 4 is 93.7 Å². The van der Waals surface area contributed by atoms with E-state index in [0.717, 1.165) is 11.4 Å². The van der Waals surface area contributed by atoms with E-state index >= 15 is 0 Å². The summed E-state index contributed by atoms with van der Waals surface area (Å²) < 4.78 is 7.78. The Morgan fingerprint density at radius 1 is 0.188 bits per heavy atom. The molecule has 0 aliphatic heterocycles. The minimum atomic E-state index is 1.16. The first-order valence-electron chi connectivity index (χ1n) is 23.9. The van der Waals surface area contributed by atoms with Crippen molar-refractivity contribution in [3.63, 3.8) is 0 Å². The van der Waals surface area contributed by atoms with Gasteiger partial charge < -0.3 is 13.7 Å². The molecule has 10 aromatic carbocycles. The molecule has 0 saturated heterocycles. The summed E-state index contributed by atoms with van der Waals surface area (Å²) >= 11 is 0. The third-order valence-corrected chi connectivity index (χ3v) is 14.8. The van der Waals surface area contributed by atoms with Crippen molar-refractivity contribution in [2.75, 3.05) is 0 Å². The average molecular weight is 876 g/mol. The number of hydrogen-bond donors (Lipinski definition) is 0. The maximum Gasteiger partial charge on any atom is 0.0810 e. The van der Waals surface area contributed by atoms with Crippen molar-refractivity contribution in [3.05, 3.63) is 271 Å². The summed E-state index contributed by atoms with van der Waals surface area (Å²) in [5, 5.41) is 7.37. The monoisotopic (exact) mass is 875 g/mol. The lowest BCUT2D eigenvalue weighted by Gasteiger charge is -2.22. The summed E-state index contributed by atoms with van der Waals surface area (Å²) in [5.74, 6) is 0. The topological polar surface area (TPSA) is 14.8 Å². The van der Waals surface area contributed by atoms with Crippen molar-refractivity contribution in [1.29, 1.82) is 0 Å². The highest BCUT2D eigenvalue weighted by molar-refractivity contribution is 6.37. The molecule has 0 atom stereocenters. The second-order valence-electron chi connectivity index (χ2n) is 18.3. The smallest absolute Gasteiger partial charge is 0.0810 e. The minimum Gasteiger partial charge on any atom is -0.308 e. The Labute approximate surface area is 398 Å². The predicted molar refractivity (Wildman–Crippen MR) is 291 cm³/mol. The van der Waals surface area contributed by atoms with E-state index in [4.69, 9.17) is 0 Å². The third-order valence-electron chi connectivity index (χ3n) is 14.8. The van der Waals surface area contributed by atoms with Gasteiger partial charge in [-0.05, 0) is 81.9 Å². The van der Waals surface area contributed by atoms with E-state index in [2.05, 4.69) is 262 Å². The van der Waals surface area contributed by atoms with Gasteiger partial charge in [-0.3, -0.25) is 0 Å². The molecule has 3 heterocycles. The zero-order chi connectivity index (χ0) is 45.2. The Kier molecular flexibility index (Phi) is 8.07. The van der Waals surface area contributed by atoms with Crippen LogP contribution in [0.15, 0.2) is 254 Å². The molecule has 0 fully saturated rings. The van der Waals surface area contributed by atoms with E-state index in [9.17, 15) is 0 Å². The van der Waals surface area contributed by atoms with E-state index in [0.29, 0.717) is 0 Å². The summed E-state index contributed by atoms with van der Waals surface area (Å²) in [7, 11) is 0. The average Bonchev–Trinajstić information content (AvgIpc) is 4.20. The molecule has 320 valence electrons. The number of hydrogen-bond acceptors (Lipinski definition) is 0. The fraction of sp³-hybridized carbons (Fsp3) is 0. The Bertz CT molecular complexity index is 4220. The maximum absolute atomic E-state index is 2.60. The van der Waals surface area contributed by atoms with Gasteiger partial charge in [-0.15, -0.1) is 0 Å². The summed E-state index contributed by atoms with van der Waals surface area (Å²) in [6, 6.07) is 92.0. The lowest BCUT2D eigenvalue weighted by Crippen LogP contribution is -2.08.